The molecule has 2 N–H and O–H groups in total. The third-order valence-electron chi connectivity index (χ3n) is 6.27. The van der Waals surface area contributed by atoms with Crippen LogP contribution >= 0.6 is 0 Å². The molecule has 0 aliphatic carbocycles. The van der Waals surface area contributed by atoms with Crippen molar-refractivity contribution in [3.05, 3.63) is 84.6 Å². The number of benzene rings is 3. The van der Waals surface area contributed by atoms with E-state index in [1.54, 1.807) is 12.1 Å². The number of anilines is 1. The van der Waals surface area contributed by atoms with Gasteiger partial charge in [0.05, 0.1) is 18.2 Å². The van der Waals surface area contributed by atoms with Crippen LogP contribution in [0, 0.1) is 0 Å². The fourth-order valence-corrected chi connectivity index (χ4v) is 4.53. The van der Waals surface area contributed by atoms with Gasteiger partial charge in [-0.1, -0.05) is 30.3 Å². The highest BCUT2D eigenvalue weighted by Gasteiger charge is 2.39. The van der Waals surface area contributed by atoms with Crippen LogP contribution in [0.5, 0.6) is 0 Å². The van der Waals surface area contributed by atoms with Crippen LogP contribution in [0.2, 0.25) is 0 Å². The van der Waals surface area contributed by atoms with E-state index in [0.717, 1.165) is 23.0 Å². The fourth-order valence-electron chi connectivity index (χ4n) is 4.53. The standard InChI is InChI=1S/C27H22N4O3/c32-25-15-23(28-14-13-18-16-29-21-6-2-1-5-20(18)21)27(33)31(25)19-11-9-17(10-12-19)26-30-22-7-3-4-8-24(22)34-26/h1-12,16,23,28-29H,13-15H2. The van der Waals surface area contributed by atoms with Gasteiger partial charge < -0.3 is 14.7 Å². The predicted octanol–water partition coefficient (Wildman–Crippen LogP) is 4.44. The van der Waals surface area contributed by atoms with Gasteiger partial charge in [-0.25, -0.2) is 9.88 Å². The molecular formula is C27H22N4O3. The maximum atomic E-state index is 13.0. The van der Waals surface area contributed by atoms with E-state index in [1.165, 1.54) is 15.8 Å². The van der Waals surface area contributed by atoms with E-state index in [9.17, 15) is 9.59 Å². The van der Waals surface area contributed by atoms with E-state index < -0.39 is 6.04 Å². The number of oxazole rings is 1. The summed E-state index contributed by atoms with van der Waals surface area (Å²) in [5.41, 5.74) is 5.12. The zero-order valence-electron chi connectivity index (χ0n) is 18.3. The Hall–Kier alpha value is -4.23. The molecule has 2 aromatic heterocycles. The summed E-state index contributed by atoms with van der Waals surface area (Å²) in [6, 6.07) is 22.3. The summed E-state index contributed by atoms with van der Waals surface area (Å²) in [6.07, 6.45) is 2.92. The lowest BCUT2D eigenvalue weighted by Gasteiger charge is -2.16. The first-order valence-corrected chi connectivity index (χ1v) is 11.3. The summed E-state index contributed by atoms with van der Waals surface area (Å²) in [5.74, 6) is 0.0754. The largest absolute Gasteiger partial charge is 0.436 e. The number of imide groups is 1. The predicted molar refractivity (Wildman–Crippen MR) is 130 cm³/mol. The van der Waals surface area contributed by atoms with Crippen molar-refractivity contribution in [1.29, 1.82) is 0 Å². The number of hydrogen-bond acceptors (Lipinski definition) is 5. The summed E-state index contributed by atoms with van der Waals surface area (Å²) in [4.78, 5) is 34.7. The van der Waals surface area contributed by atoms with Crippen molar-refractivity contribution in [1.82, 2.24) is 15.3 Å². The molecule has 1 aliphatic rings. The van der Waals surface area contributed by atoms with E-state index in [0.29, 0.717) is 23.7 Å². The molecule has 7 nitrogen and oxygen atoms in total. The second-order valence-electron chi connectivity index (χ2n) is 8.42. The molecule has 5 aromatic rings. The third kappa shape index (κ3) is 3.56. The number of rotatable bonds is 6. The summed E-state index contributed by atoms with van der Waals surface area (Å²) in [5, 5.41) is 4.45. The van der Waals surface area contributed by atoms with E-state index in [2.05, 4.69) is 21.4 Å². The number of hydrogen-bond donors (Lipinski definition) is 2. The second kappa shape index (κ2) is 8.28. The molecule has 0 bridgehead atoms. The third-order valence-corrected chi connectivity index (χ3v) is 6.27. The zero-order chi connectivity index (χ0) is 23.1. The first-order valence-electron chi connectivity index (χ1n) is 11.3. The Morgan fingerprint density at radius 1 is 1.00 bits per heavy atom. The number of nitrogens with zero attached hydrogens (tertiary/aromatic N) is 2. The van der Waals surface area contributed by atoms with Crippen molar-refractivity contribution in [2.45, 2.75) is 18.9 Å². The Morgan fingerprint density at radius 3 is 2.65 bits per heavy atom. The average Bonchev–Trinajstić information content (AvgIpc) is 3.55. The molecule has 1 atom stereocenters. The van der Waals surface area contributed by atoms with E-state index >= 15 is 0 Å². The van der Waals surface area contributed by atoms with Crippen molar-refractivity contribution in [3.8, 4) is 11.5 Å². The molecule has 6 rings (SSSR count). The Kier molecular flexibility index (Phi) is 4.96. The molecule has 1 saturated heterocycles. The van der Waals surface area contributed by atoms with Crippen molar-refractivity contribution in [2.75, 3.05) is 11.4 Å². The van der Waals surface area contributed by atoms with Crippen LogP contribution in [0.15, 0.2) is 83.4 Å². The molecule has 0 radical (unpaired) electrons. The average molecular weight is 450 g/mol. The number of amides is 2. The lowest BCUT2D eigenvalue weighted by atomic mass is 10.1. The maximum absolute atomic E-state index is 13.0. The monoisotopic (exact) mass is 450 g/mol. The molecule has 7 heteroatoms. The van der Waals surface area contributed by atoms with Crippen LogP contribution in [-0.4, -0.2) is 34.4 Å². The second-order valence-corrected chi connectivity index (χ2v) is 8.42. The zero-order valence-corrected chi connectivity index (χ0v) is 18.3. The Morgan fingerprint density at radius 2 is 1.79 bits per heavy atom. The van der Waals surface area contributed by atoms with Gasteiger partial charge in [-0.2, -0.15) is 0 Å². The number of aromatic nitrogens is 2. The molecule has 3 heterocycles. The van der Waals surface area contributed by atoms with Gasteiger partial charge in [-0.15, -0.1) is 0 Å². The van der Waals surface area contributed by atoms with Crippen molar-refractivity contribution >= 4 is 39.5 Å². The maximum Gasteiger partial charge on any atom is 0.251 e. The van der Waals surface area contributed by atoms with E-state index in [-0.39, 0.29) is 18.2 Å². The topological polar surface area (TPSA) is 91.2 Å². The molecule has 1 aliphatic heterocycles. The van der Waals surface area contributed by atoms with Crippen LogP contribution in [0.25, 0.3) is 33.5 Å². The molecule has 0 spiro atoms. The first-order chi connectivity index (χ1) is 16.7. The van der Waals surface area contributed by atoms with E-state index in [4.69, 9.17) is 4.42 Å². The SMILES string of the molecule is O=C1CC(NCCc2c[nH]c3ccccc23)C(=O)N1c1ccc(-c2nc3ccccc3o2)cc1. The van der Waals surface area contributed by atoms with Crippen LogP contribution in [0.3, 0.4) is 0 Å². The van der Waals surface area contributed by atoms with Gasteiger partial charge in [0.1, 0.15) is 5.52 Å². The van der Waals surface area contributed by atoms with Crippen LogP contribution in [0.1, 0.15) is 12.0 Å². The minimum Gasteiger partial charge on any atom is -0.436 e. The number of nitrogens with one attached hydrogen (secondary N) is 2. The van der Waals surface area contributed by atoms with E-state index in [1.807, 2.05) is 60.8 Å². The molecule has 0 saturated carbocycles. The summed E-state index contributed by atoms with van der Waals surface area (Å²) < 4.78 is 5.81. The highest BCUT2D eigenvalue weighted by Crippen LogP contribution is 2.28. The fraction of sp³-hybridized carbons (Fsp3) is 0.148. The van der Waals surface area contributed by atoms with Crippen LogP contribution in [-0.2, 0) is 16.0 Å². The number of H-pyrrole nitrogens is 1. The lowest BCUT2D eigenvalue weighted by molar-refractivity contribution is -0.121. The number of para-hydroxylation sites is 3. The Labute approximate surface area is 195 Å². The minimum atomic E-state index is -0.519. The summed E-state index contributed by atoms with van der Waals surface area (Å²) in [6.45, 7) is 0.607. The molecule has 1 fully saturated rings. The molecule has 34 heavy (non-hydrogen) atoms. The van der Waals surface area contributed by atoms with Crippen LogP contribution in [0.4, 0.5) is 5.69 Å². The number of aromatic amines is 1. The lowest BCUT2D eigenvalue weighted by Crippen LogP contribution is -2.39. The smallest absolute Gasteiger partial charge is 0.251 e. The van der Waals surface area contributed by atoms with Crippen molar-refractivity contribution < 1.29 is 14.0 Å². The quantitative estimate of drug-likeness (QED) is 0.373. The van der Waals surface area contributed by atoms with Gasteiger partial charge in [0.2, 0.25) is 11.8 Å². The Bertz CT molecular complexity index is 1480. The molecule has 168 valence electrons. The van der Waals surface area contributed by atoms with Crippen molar-refractivity contribution in [3.63, 3.8) is 0 Å². The molecule has 1 unspecified atom stereocenters. The molecule has 3 aromatic carbocycles. The molecule has 2 amide bonds. The molecular weight excluding hydrogens is 428 g/mol. The van der Waals surface area contributed by atoms with Gasteiger partial charge in [0.15, 0.2) is 5.58 Å². The number of carbonyl (C=O) groups excluding carboxylic acids is 2. The highest BCUT2D eigenvalue weighted by molar-refractivity contribution is 6.22. The Balaban J connectivity index is 1.13. The number of carbonyl (C=O) groups is 2. The van der Waals surface area contributed by atoms with Gasteiger partial charge in [0, 0.05) is 29.2 Å². The number of fused-ring (bicyclic) bond motifs is 2. The highest BCUT2D eigenvalue weighted by atomic mass is 16.3. The minimum absolute atomic E-state index is 0.152. The summed E-state index contributed by atoms with van der Waals surface area (Å²) in [7, 11) is 0. The van der Waals surface area contributed by atoms with Gasteiger partial charge in [-0.3, -0.25) is 9.59 Å². The normalized spacial score (nSPS) is 16.2. The van der Waals surface area contributed by atoms with Gasteiger partial charge in [-0.05, 0) is 54.4 Å². The van der Waals surface area contributed by atoms with Crippen molar-refractivity contribution in [2.24, 2.45) is 0 Å². The summed E-state index contributed by atoms with van der Waals surface area (Å²) >= 11 is 0. The first kappa shape index (κ1) is 20.4. The van der Waals surface area contributed by atoms with Crippen LogP contribution < -0.4 is 10.2 Å². The van der Waals surface area contributed by atoms with Gasteiger partial charge >= 0.3 is 0 Å². The van der Waals surface area contributed by atoms with Gasteiger partial charge in [0.25, 0.3) is 5.91 Å².